The number of halogens is 1. The number of aromatic amines is 1. The van der Waals surface area contributed by atoms with Crippen molar-refractivity contribution in [1.82, 2.24) is 19.8 Å². The summed E-state index contributed by atoms with van der Waals surface area (Å²) in [6, 6.07) is 5.50. The molecule has 0 unspecified atom stereocenters. The van der Waals surface area contributed by atoms with Crippen LogP contribution in [0.2, 0.25) is 0 Å². The average molecular weight is 302 g/mol. The van der Waals surface area contributed by atoms with Crippen LogP contribution in [0.5, 0.6) is 0 Å². The second kappa shape index (κ2) is 5.63. The lowest BCUT2D eigenvalue weighted by atomic mass is 10.0. The molecule has 4 nitrogen and oxygen atoms in total. The molecular formula is C17H23FN4. The normalized spacial score (nSPS) is 25.3. The third kappa shape index (κ3) is 2.63. The molecule has 0 saturated carbocycles. The van der Waals surface area contributed by atoms with Crippen LogP contribution in [0.3, 0.4) is 0 Å². The van der Waals surface area contributed by atoms with E-state index in [4.69, 9.17) is 0 Å². The summed E-state index contributed by atoms with van der Waals surface area (Å²) in [4.78, 5) is 13.0. The molecule has 118 valence electrons. The fourth-order valence-electron chi connectivity index (χ4n) is 3.90. The molecule has 2 aromatic rings. The van der Waals surface area contributed by atoms with E-state index in [1.165, 1.54) is 38.1 Å². The van der Waals surface area contributed by atoms with Gasteiger partial charge in [0.2, 0.25) is 0 Å². The highest BCUT2D eigenvalue weighted by atomic mass is 19.1. The zero-order valence-corrected chi connectivity index (χ0v) is 13.1. The molecule has 22 heavy (non-hydrogen) atoms. The number of H-pyrrole nitrogens is 1. The molecule has 4 rings (SSSR count). The van der Waals surface area contributed by atoms with Gasteiger partial charge in [0.1, 0.15) is 11.6 Å². The number of hydrogen-bond donors (Lipinski definition) is 1. The number of hydrogen-bond acceptors (Lipinski definition) is 3. The fourth-order valence-corrected chi connectivity index (χ4v) is 3.90. The minimum atomic E-state index is -0.206. The number of piperidine rings is 1. The Kier molecular flexibility index (Phi) is 3.62. The van der Waals surface area contributed by atoms with Crippen molar-refractivity contribution in [3.05, 3.63) is 29.8 Å². The van der Waals surface area contributed by atoms with Crippen LogP contribution in [-0.4, -0.2) is 59.0 Å². The van der Waals surface area contributed by atoms with E-state index in [-0.39, 0.29) is 5.82 Å². The van der Waals surface area contributed by atoms with Crippen molar-refractivity contribution in [1.29, 1.82) is 0 Å². The Hall–Kier alpha value is -1.46. The molecular weight excluding hydrogens is 279 g/mol. The highest BCUT2D eigenvalue weighted by Gasteiger charge is 2.32. The number of likely N-dealkylation sites (tertiary alicyclic amines) is 2. The van der Waals surface area contributed by atoms with Gasteiger partial charge in [-0.2, -0.15) is 0 Å². The smallest absolute Gasteiger partial charge is 0.125 e. The SMILES string of the molecule is CN1CCC(N2CC[C@H](c3nc4ccc(F)cc4[nH]3)C2)CC1. The van der Waals surface area contributed by atoms with E-state index in [2.05, 4.69) is 26.8 Å². The molecule has 1 aromatic carbocycles. The average Bonchev–Trinajstić information content (AvgIpc) is 3.13. The quantitative estimate of drug-likeness (QED) is 0.926. The van der Waals surface area contributed by atoms with E-state index in [1.807, 2.05) is 0 Å². The van der Waals surface area contributed by atoms with Crippen LogP contribution in [0.15, 0.2) is 18.2 Å². The third-order valence-corrected chi connectivity index (χ3v) is 5.27. The van der Waals surface area contributed by atoms with Crippen molar-refractivity contribution in [2.45, 2.75) is 31.2 Å². The van der Waals surface area contributed by atoms with Crippen molar-refractivity contribution in [3.8, 4) is 0 Å². The molecule has 5 heteroatoms. The van der Waals surface area contributed by atoms with Gasteiger partial charge in [-0.3, -0.25) is 4.90 Å². The molecule has 0 bridgehead atoms. The number of benzene rings is 1. The molecule has 0 radical (unpaired) electrons. The van der Waals surface area contributed by atoms with E-state index in [9.17, 15) is 4.39 Å². The topological polar surface area (TPSA) is 35.2 Å². The summed E-state index contributed by atoms with van der Waals surface area (Å²) < 4.78 is 13.3. The summed E-state index contributed by atoms with van der Waals surface area (Å²) in [6.45, 7) is 4.65. The molecule has 2 aliphatic rings. The van der Waals surface area contributed by atoms with E-state index in [1.54, 1.807) is 6.07 Å². The van der Waals surface area contributed by atoms with E-state index < -0.39 is 0 Å². The van der Waals surface area contributed by atoms with Gasteiger partial charge >= 0.3 is 0 Å². The van der Waals surface area contributed by atoms with Crippen LogP contribution in [0.1, 0.15) is 31.0 Å². The molecule has 2 saturated heterocycles. The van der Waals surface area contributed by atoms with E-state index >= 15 is 0 Å². The molecule has 2 fully saturated rings. The van der Waals surface area contributed by atoms with Crippen molar-refractivity contribution in [2.75, 3.05) is 33.2 Å². The van der Waals surface area contributed by atoms with Crippen LogP contribution in [0.4, 0.5) is 4.39 Å². The van der Waals surface area contributed by atoms with E-state index in [0.717, 1.165) is 42.4 Å². The second-order valence-corrected chi connectivity index (χ2v) is 6.80. The molecule has 1 N–H and O–H groups in total. The monoisotopic (exact) mass is 302 g/mol. The number of rotatable bonds is 2. The molecule has 3 heterocycles. The maximum Gasteiger partial charge on any atom is 0.125 e. The summed E-state index contributed by atoms with van der Waals surface area (Å²) >= 11 is 0. The Bertz CT molecular complexity index is 660. The number of fused-ring (bicyclic) bond motifs is 1. The van der Waals surface area contributed by atoms with Crippen molar-refractivity contribution >= 4 is 11.0 Å². The van der Waals surface area contributed by atoms with E-state index in [0.29, 0.717) is 5.92 Å². The zero-order chi connectivity index (χ0) is 15.1. The lowest BCUT2D eigenvalue weighted by Gasteiger charge is -2.35. The Labute approximate surface area is 130 Å². The summed E-state index contributed by atoms with van der Waals surface area (Å²) in [5, 5.41) is 0. The first-order valence-electron chi connectivity index (χ1n) is 8.27. The molecule has 0 amide bonds. The van der Waals surface area contributed by atoms with Crippen molar-refractivity contribution in [3.63, 3.8) is 0 Å². The summed E-state index contributed by atoms with van der Waals surface area (Å²) in [6.07, 6.45) is 3.69. The first-order valence-corrected chi connectivity index (χ1v) is 8.27. The molecule has 2 aliphatic heterocycles. The highest BCUT2D eigenvalue weighted by molar-refractivity contribution is 5.75. The maximum atomic E-state index is 13.3. The van der Waals surface area contributed by atoms with Crippen LogP contribution in [0.25, 0.3) is 11.0 Å². The predicted octanol–water partition coefficient (Wildman–Crippen LogP) is 2.59. The summed E-state index contributed by atoms with van der Waals surface area (Å²) in [5.74, 6) is 1.27. The van der Waals surface area contributed by atoms with Gasteiger partial charge in [0.25, 0.3) is 0 Å². The zero-order valence-electron chi connectivity index (χ0n) is 13.1. The molecule has 1 atom stereocenters. The second-order valence-electron chi connectivity index (χ2n) is 6.80. The number of imidazole rings is 1. The van der Waals surface area contributed by atoms with Crippen LogP contribution >= 0.6 is 0 Å². The standard InChI is InChI=1S/C17H23FN4/c1-21-7-5-14(6-8-21)22-9-4-12(11-22)17-19-15-3-2-13(18)10-16(15)20-17/h2-3,10,12,14H,4-9,11H2,1H3,(H,19,20)/t12-/m0/s1. The summed E-state index contributed by atoms with van der Waals surface area (Å²) in [5.41, 5.74) is 1.68. The largest absolute Gasteiger partial charge is 0.342 e. The van der Waals surface area contributed by atoms with Gasteiger partial charge < -0.3 is 9.88 Å². The molecule has 0 spiro atoms. The Morgan fingerprint density at radius 3 is 2.82 bits per heavy atom. The first kappa shape index (κ1) is 14.2. The third-order valence-electron chi connectivity index (χ3n) is 5.27. The lowest BCUT2D eigenvalue weighted by Crippen LogP contribution is -2.42. The Morgan fingerprint density at radius 2 is 2.00 bits per heavy atom. The van der Waals surface area contributed by atoms with Gasteiger partial charge in [-0.15, -0.1) is 0 Å². The highest BCUT2D eigenvalue weighted by Crippen LogP contribution is 2.30. The molecule has 0 aliphatic carbocycles. The van der Waals surface area contributed by atoms with Gasteiger partial charge in [0.05, 0.1) is 11.0 Å². The number of nitrogens with zero attached hydrogens (tertiary/aromatic N) is 3. The number of nitrogens with one attached hydrogen (secondary N) is 1. The van der Waals surface area contributed by atoms with Gasteiger partial charge in [-0.25, -0.2) is 9.37 Å². The van der Waals surface area contributed by atoms with Crippen molar-refractivity contribution < 1.29 is 4.39 Å². The van der Waals surface area contributed by atoms with Crippen molar-refractivity contribution in [2.24, 2.45) is 0 Å². The first-order chi connectivity index (χ1) is 10.7. The molecule has 1 aromatic heterocycles. The van der Waals surface area contributed by atoms with Crippen LogP contribution < -0.4 is 0 Å². The minimum absolute atomic E-state index is 0.206. The van der Waals surface area contributed by atoms with Gasteiger partial charge in [-0.05, 0) is 64.1 Å². The lowest BCUT2D eigenvalue weighted by molar-refractivity contribution is 0.142. The number of aromatic nitrogens is 2. The van der Waals surface area contributed by atoms with Gasteiger partial charge in [0, 0.05) is 18.5 Å². The summed E-state index contributed by atoms with van der Waals surface area (Å²) in [7, 11) is 2.20. The van der Waals surface area contributed by atoms with Gasteiger partial charge in [-0.1, -0.05) is 0 Å². The minimum Gasteiger partial charge on any atom is -0.342 e. The maximum absolute atomic E-state index is 13.3. The Morgan fingerprint density at radius 1 is 1.18 bits per heavy atom. The van der Waals surface area contributed by atoms with Crippen LogP contribution in [-0.2, 0) is 0 Å². The Balaban J connectivity index is 1.47. The van der Waals surface area contributed by atoms with Gasteiger partial charge in [0.15, 0.2) is 0 Å². The fraction of sp³-hybridized carbons (Fsp3) is 0.588. The van der Waals surface area contributed by atoms with Crippen LogP contribution in [0, 0.1) is 5.82 Å². The predicted molar refractivity (Wildman–Crippen MR) is 85.5 cm³/mol.